The van der Waals surface area contributed by atoms with E-state index in [4.69, 9.17) is 9.47 Å². The Kier molecular flexibility index (Phi) is 12.2. The van der Waals surface area contributed by atoms with Crippen LogP contribution in [-0.2, 0) is 9.47 Å². The molecule has 2 nitrogen and oxygen atoms in total. The summed E-state index contributed by atoms with van der Waals surface area (Å²) in [7, 11) is 0. The van der Waals surface area contributed by atoms with E-state index >= 15 is 0 Å². The van der Waals surface area contributed by atoms with Gasteiger partial charge in [-0.3, -0.25) is 0 Å². The van der Waals surface area contributed by atoms with E-state index < -0.39 is 5.79 Å². The molecule has 0 aromatic carbocycles. The summed E-state index contributed by atoms with van der Waals surface area (Å²) < 4.78 is 11.9. The highest BCUT2D eigenvalue weighted by atomic mass is 16.7. The second-order valence-electron chi connectivity index (χ2n) is 5.45. The first kappa shape index (κ1) is 19.7. The van der Waals surface area contributed by atoms with Crippen LogP contribution in [0.2, 0.25) is 0 Å². The standard InChI is InChI=1S/C18H36O2/c1-6-11-12-13-14-15-16-17(7-2)18(8-3,19-9-4)20-10-5/h8,17H,3,6-7,9-16H2,1-2,4-5H3. The van der Waals surface area contributed by atoms with Gasteiger partial charge in [0.15, 0.2) is 5.79 Å². The van der Waals surface area contributed by atoms with Crippen LogP contribution in [0, 0.1) is 5.92 Å². The van der Waals surface area contributed by atoms with Crippen molar-refractivity contribution in [2.24, 2.45) is 5.92 Å². The fourth-order valence-electron chi connectivity index (χ4n) is 2.87. The van der Waals surface area contributed by atoms with Gasteiger partial charge in [-0.1, -0.05) is 59.0 Å². The lowest BCUT2D eigenvalue weighted by Gasteiger charge is -2.37. The molecule has 2 heteroatoms. The molecule has 0 amide bonds. The van der Waals surface area contributed by atoms with E-state index in [9.17, 15) is 0 Å². The van der Waals surface area contributed by atoms with Crippen molar-refractivity contribution < 1.29 is 9.47 Å². The normalized spacial score (nSPS) is 13.4. The van der Waals surface area contributed by atoms with Crippen molar-refractivity contribution in [3.63, 3.8) is 0 Å². The largest absolute Gasteiger partial charge is 0.346 e. The van der Waals surface area contributed by atoms with Crippen LogP contribution in [0.4, 0.5) is 0 Å². The van der Waals surface area contributed by atoms with E-state index in [0.29, 0.717) is 19.1 Å². The summed E-state index contributed by atoms with van der Waals surface area (Å²) in [6.45, 7) is 13.8. The predicted molar refractivity (Wildman–Crippen MR) is 88.0 cm³/mol. The summed E-state index contributed by atoms with van der Waals surface area (Å²) in [6, 6.07) is 0. The van der Waals surface area contributed by atoms with Gasteiger partial charge in [0.1, 0.15) is 0 Å². The molecule has 0 spiro atoms. The number of hydrogen-bond acceptors (Lipinski definition) is 2. The molecule has 0 aliphatic heterocycles. The van der Waals surface area contributed by atoms with Crippen molar-refractivity contribution in [2.75, 3.05) is 13.2 Å². The van der Waals surface area contributed by atoms with E-state index in [0.717, 1.165) is 12.8 Å². The summed E-state index contributed by atoms with van der Waals surface area (Å²) in [5.41, 5.74) is 0. The molecule has 0 aromatic rings. The molecule has 0 radical (unpaired) electrons. The highest BCUT2D eigenvalue weighted by molar-refractivity contribution is 4.95. The van der Waals surface area contributed by atoms with Crippen molar-refractivity contribution >= 4 is 0 Å². The van der Waals surface area contributed by atoms with Crippen molar-refractivity contribution in [3.8, 4) is 0 Å². The van der Waals surface area contributed by atoms with Gasteiger partial charge in [0.25, 0.3) is 0 Å². The van der Waals surface area contributed by atoms with Gasteiger partial charge in [0.05, 0.1) is 0 Å². The van der Waals surface area contributed by atoms with Crippen LogP contribution >= 0.6 is 0 Å². The highest BCUT2D eigenvalue weighted by Crippen LogP contribution is 2.32. The molecular weight excluding hydrogens is 248 g/mol. The van der Waals surface area contributed by atoms with Crippen molar-refractivity contribution in [2.45, 2.75) is 84.8 Å². The molecule has 0 aliphatic carbocycles. The molecule has 0 rings (SSSR count). The van der Waals surface area contributed by atoms with Gasteiger partial charge in [-0.15, -0.1) is 0 Å². The van der Waals surface area contributed by atoms with Crippen LogP contribution in [0.25, 0.3) is 0 Å². The van der Waals surface area contributed by atoms with Gasteiger partial charge in [0.2, 0.25) is 0 Å². The average molecular weight is 284 g/mol. The van der Waals surface area contributed by atoms with Gasteiger partial charge in [-0.05, 0) is 32.8 Å². The van der Waals surface area contributed by atoms with Crippen LogP contribution < -0.4 is 0 Å². The Morgan fingerprint density at radius 3 is 1.90 bits per heavy atom. The van der Waals surface area contributed by atoms with E-state index in [1.165, 1.54) is 38.5 Å². The minimum absolute atomic E-state index is 0.408. The highest BCUT2D eigenvalue weighted by Gasteiger charge is 2.36. The molecule has 0 bridgehead atoms. The van der Waals surface area contributed by atoms with Crippen LogP contribution in [0.5, 0.6) is 0 Å². The van der Waals surface area contributed by atoms with E-state index in [1.54, 1.807) is 0 Å². The van der Waals surface area contributed by atoms with Crippen molar-refractivity contribution in [1.29, 1.82) is 0 Å². The fraction of sp³-hybridized carbons (Fsp3) is 0.889. The summed E-state index contributed by atoms with van der Waals surface area (Å²) >= 11 is 0. The topological polar surface area (TPSA) is 18.5 Å². The Morgan fingerprint density at radius 2 is 1.45 bits per heavy atom. The molecule has 0 fully saturated rings. The first-order chi connectivity index (χ1) is 9.70. The Morgan fingerprint density at radius 1 is 0.900 bits per heavy atom. The number of rotatable bonds is 14. The molecule has 0 N–H and O–H groups in total. The van der Waals surface area contributed by atoms with Gasteiger partial charge in [0, 0.05) is 19.1 Å². The maximum absolute atomic E-state index is 5.93. The summed E-state index contributed by atoms with van der Waals surface area (Å²) in [4.78, 5) is 0. The zero-order chi connectivity index (χ0) is 15.3. The molecule has 0 aromatic heterocycles. The molecule has 0 saturated heterocycles. The quantitative estimate of drug-likeness (QED) is 0.231. The molecule has 1 atom stereocenters. The summed E-state index contributed by atoms with van der Waals surface area (Å²) in [5.74, 6) is -0.173. The number of unbranched alkanes of at least 4 members (excludes halogenated alkanes) is 5. The molecule has 120 valence electrons. The van der Waals surface area contributed by atoms with Gasteiger partial charge in [-0.25, -0.2) is 0 Å². The second-order valence-corrected chi connectivity index (χ2v) is 5.45. The molecule has 1 unspecified atom stereocenters. The Hall–Kier alpha value is -0.340. The third-order valence-electron chi connectivity index (χ3n) is 3.99. The monoisotopic (exact) mass is 284 g/mol. The fourth-order valence-corrected chi connectivity index (χ4v) is 2.87. The lowest BCUT2D eigenvalue weighted by atomic mass is 9.89. The van der Waals surface area contributed by atoms with Gasteiger partial charge < -0.3 is 9.47 Å². The van der Waals surface area contributed by atoms with E-state index in [2.05, 4.69) is 20.4 Å². The molecular formula is C18H36O2. The Balaban J connectivity index is 4.32. The number of ether oxygens (including phenoxy) is 2. The van der Waals surface area contributed by atoms with E-state index in [1.807, 2.05) is 19.9 Å². The molecule has 20 heavy (non-hydrogen) atoms. The van der Waals surface area contributed by atoms with Gasteiger partial charge >= 0.3 is 0 Å². The van der Waals surface area contributed by atoms with Crippen LogP contribution in [0.15, 0.2) is 12.7 Å². The second kappa shape index (κ2) is 12.4. The average Bonchev–Trinajstić information content (AvgIpc) is 2.46. The van der Waals surface area contributed by atoms with Crippen LogP contribution in [-0.4, -0.2) is 19.0 Å². The number of hydrogen-bond donors (Lipinski definition) is 0. The summed E-state index contributed by atoms with van der Waals surface area (Å²) in [6.07, 6.45) is 12.1. The smallest absolute Gasteiger partial charge is 0.190 e. The minimum atomic E-state index is -0.582. The van der Waals surface area contributed by atoms with Crippen LogP contribution in [0.3, 0.4) is 0 Å². The molecule has 0 aliphatic rings. The lowest BCUT2D eigenvalue weighted by molar-refractivity contribution is -0.232. The predicted octanol–water partition coefficient (Wildman–Crippen LogP) is 5.72. The third kappa shape index (κ3) is 6.90. The zero-order valence-electron chi connectivity index (χ0n) is 14.2. The first-order valence-electron chi connectivity index (χ1n) is 8.62. The molecule has 0 saturated carbocycles. The zero-order valence-corrected chi connectivity index (χ0v) is 14.2. The minimum Gasteiger partial charge on any atom is -0.346 e. The van der Waals surface area contributed by atoms with Gasteiger partial charge in [-0.2, -0.15) is 0 Å². The third-order valence-corrected chi connectivity index (χ3v) is 3.99. The van der Waals surface area contributed by atoms with Crippen LogP contribution in [0.1, 0.15) is 79.1 Å². The molecule has 0 heterocycles. The SMILES string of the molecule is C=CC(OCC)(OCC)C(CC)CCCCCCCC. The maximum Gasteiger partial charge on any atom is 0.190 e. The lowest BCUT2D eigenvalue weighted by Crippen LogP contribution is -2.41. The summed E-state index contributed by atoms with van der Waals surface area (Å²) in [5, 5.41) is 0. The maximum atomic E-state index is 5.93. The van der Waals surface area contributed by atoms with Crippen molar-refractivity contribution in [1.82, 2.24) is 0 Å². The first-order valence-corrected chi connectivity index (χ1v) is 8.62. The Bertz CT molecular complexity index is 219. The van der Waals surface area contributed by atoms with E-state index in [-0.39, 0.29) is 0 Å². The Labute approximate surface area is 126 Å². The van der Waals surface area contributed by atoms with Crippen molar-refractivity contribution in [3.05, 3.63) is 12.7 Å².